The lowest BCUT2D eigenvalue weighted by molar-refractivity contribution is -0.122. The number of halogens is 3. The summed E-state index contributed by atoms with van der Waals surface area (Å²) in [5.41, 5.74) is -0.464. The van der Waals surface area contributed by atoms with Gasteiger partial charge in [-0.15, -0.1) is 0 Å². The average Bonchev–Trinajstić information content (AvgIpc) is 2.71. The van der Waals surface area contributed by atoms with Crippen molar-refractivity contribution >= 4 is 11.8 Å². The van der Waals surface area contributed by atoms with E-state index in [0.29, 0.717) is 38.3 Å². The molecule has 1 heterocycles. The maximum absolute atomic E-state index is 13.8. The van der Waals surface area contributed by atoms with Gasteiger partial charge in [-0.2, -0.15) is 0 Å². The molecule has 1 saturated heterocycles. The molecule has 2 aliphatic rings. The second-order valence-electron chi connectivity index (χ2n) is 7.90. The lowest BCUT2D eigenvalue weighted by atomic mass is 9.86. The number of benzene rings is 1. The van der Waals surface area contributed by atoms with Gasteiger partial charge < -0.3 is 10.2 Å². The summed E-state index contributed by atoms with van der Waals surface area (Å²) in [6.45, 7) is 0.676. The Kier molecular flexibility index (Phi) is 6.97. The lowest BCUT2D eigenvalue weighted by Gasteiger charge is -2.32. The standard InChI is InChI=1S/C21H27F3N2O2/c22-17-8-7-16(19(23)20(17)24)21(28)26-12-10-15(11-13-26)25-18(27)9-6-14-4-2-1-3-5-14/h7-8,14-15H,1-6,9-13H2,(H,25,27). The maximum Gasteiger partial charge on any atom is 0.256 e. The zero-order valence-electron chi connectivity index (χ0n) is 16.0. The molecule has 1 saturated carbocycles. The van der Waals surface area contributed by atoms with E-state index in [2.05, 4.69) is 5.32 Å². The van der Waals surface area contributed by atoms with E-state index < -0.39 is 28.9 Å². The van der Waals surface area contributed by atoms with Gasteiger partial charge in [0.25, 0.3) is 5.91 Å². The van der Waals surface area contributed by atoms with E-state index in [4.69, 9.17) is 0 Å². The Hall–Kier alpha value is -2.05. The molecule has 1 N–H and O–H groups in total. The fourth-order valence-electron chi connectivity index (χ4n) is 4.20. The van der Waals surface area contributed by atoms with Gasteiger partial charge in [0.15, 0.2) is 17.5 Å². The number of likely N-dealkylation sites (tertiary alicyclic amines) is 1. The van der Waals surface area contributed by atoms with E-state index >= 15 is 0 Å². The van der Waals surface area contributed by atoms with E-state index in [9.17, 15) is 22.8 Å². The average molecular weight is 396 g/mol. The Labute approximate surface area is 163 Å². The molecule has 0 atom stereocenters. The first kappa shape index (κ1) is 20.7. The first-order valence-electron chi connectivity index (χ1n) is 10.2. The SMILES string of the molecule is O=C(CCC1CCCCC1)NC1CCN(C(=O)c2ccc(F)c(F)c2F)CC1. The summed E-state index contributed by atoms with van der Waals surface area (Å²) in [6, 6.07) is 1.71. The predicted octanol–water partition coefficient (Wildman–Crippen LogP) is 4.19. The molecule has 0 spiro atoms. The van der Waals surface area contributed by atoms with E-state index in [1.165, 1.54) is 37.0 Å². The van der Waals surface area contributed by atoms with Crippen LogP contribution in [0.4, 0.5) is 13.2 Å². The summed E-state index contributed by atoms with van der Waals surface area (Å²) in [6.07, 6.45) is 8.84. The minimum atomic E-state index is -1.63. The van der Waals surface area contributed by atoms with Crippen molar-refractivity contribution in [2.75, 3.05) is 13.1 Å². The molecular weight excluding hydrogens is 369 g/mol. The summed E-state index contributed by atoms with van der Waals surface area (Å²) < 4.78 is 40.2. The molecular formula is C21H27F3N2O2. The minimum absolute atomic E-state index is 0.0160. The third-order valence-corrected chi connectivity index (χ3v) is 5.92. The summed E-state index contributed by atoms with van der Waals surface area (Å²) in [7, 11) is 0. The van der Waals surface area contributed by atoms with Crippen molar-refractivity contribution in [2.24, 2.45) is 5.92 Å². The van der Waals surface area contributed by atoms with Gasteiger partial charge in [0, 0.05) is 25.6 Å². The van der Waals surface area contributed by atoms with Gasteiger partial charge in [0.05, 0.1) is 5.56 Å². The highest BCUT2D eigenvalue weighted by atomic mass is 19.2. The highest BCUT2D eigenvalue weighted by molar-refractivity contribution is 5.94. The smallest absolute Gasteiger partial charge is 0.256 e. The van der Waals surface area contributed by atoms with E-state index in [1.807, 2.05) is 0 Å². The van der Waals surface area contributed by atoms with Crippen LogP contribution in [0.15, 0.2) is 12.1 Å². The number of carbonyl (C=O) groups is 2. The Morgan fingerprint density at radius 3 is 2.32 bits per heavy atom. The normalized spacial score (nSPS) is 18.9. The Bertz CT molecular complexity index is 712. The molecule has 3 rings (SSSR count). The second kappa shape index (κ2) is 9.43. The topological polar surface area (TPSA) is 49.4 Å². The molecule has 0 unspecified atom stereocenters. The van der Waals surface area contributed by atoms with Gasteiger partial charge in [-0.25, -0.2) is 13.2 Å². The van der Waals surface area contributed by atoms with Crippen molar-refractivity contribution in [3.63, 3.8) is 0 Å². The third-order valence-electron chi connectivity index (χ3n) is 5.92. The number of carbonyl (C=O) groups excluding carboxylic acids is 2. The fourth-order valence-corrected chi connectivity index (χ4v) is 4.20. The van der Waals surface area contributed by atoms with Crippen molar-refractivity contribution in [3.05, 3.63) is 35.1 Å². The Morgan fingerprint density at radius 1 is 0.964 bits per heavy atom. The number of rotatable bonds is 5. The minimum Gasteiger partial charge on any atom is -0.353 e. The summed E-state index contributed by atoms with van der Waals surface area (Å²) in [4.78, 5) is 26.0. The van der Waals surface area contributed by atoms with Crippen molar-refractivity contribution in [1.82, 2.24) is 10.2 Å². The van der Waals surface area contributed by atoms with Gasteiger partial charge in [-0.1, -0.05) is 32.1 Å². The Morgan fingerprint density at radius 2 is 1.64 bits per heavy atom. The molecule has 0 radical (unpaired) electrons. The molecule has 1 aromatic carbocycles. The van der Waals surface area contributed by atoms with Crippen molar-refractivity contribution in [2.45, 2.75) is 63.8 Å². The number of hydrogen-bond acceptors (Lipinski definition) is 2. The maximum atomic E-state index is 13.8. The van der Waals surface area contributed by atoms with Gasteiger partial charge in [-0.3, -0.25) is 9.59 Å². The van der Waals surface area contributed by atoms with Crippen LogP contribution in [0.25, 0.3) is 0 Å². The number of nitrogens with zero attached hydrogens (tertiary/aromatic N) is 1. The molecule has 4 nitrogen and oxygen atoms in total. The summed E-state index contributed by atoms with van der Waals surface area (Å²) in [5, 5.41) is 3.03. The van der Waals surface area contributed by atoms with Crippen LogP contribution in [0.1, 0.15) is 68.1 Å². The zero-order chi connectivity index (χ0) is 20.1. The van der Waals surface area contributed by atoms with Crippen LogP contribution in [-0.4, -0.2) is 35.8 Å². The van der Waals surface area contributed by atoms with Crippen LogP contribution < -0.4 is 5.32 Å². The highest BCUT2D eigenvalue weighted by Gasteiger charge is 2.28. The zero-order valence-corrected chi connectivity index (χ0v) is 16.0. The van der Waals surface area contributed by atoms with Crippen LogP contribution >= 0.6 is 0 Å². The molecule has 2 amide bonds. The third kappa shape index (κ3) is 5.06. The number of hydrogen-bond donors (Lipinski definition) is 1. The number of nitrogens with one attached hydrogen (secondary N) is 1. The molecule has 7 heteroatoms. The van der Waals surface area contributed by atoms with Crippen molar-refractivity contribution < 1.29 is 22.8 Å². The van der Waals surface area contributed by atoms with Crippen molar-refractivity contribution in [1.29, 1.82) is 0 Å². The second-order valence-corrected chi connectivity index (χ2v) is 7.90. The quantitative estimate of drug-likeness (QED) is 0.759. The van der Waals surface area contributed by atoms with Crippen LogP contribution in [0.2, 0.25) is 0 Å². The van der Waals surface area contributed by atoms with E-state index in [1.54, 1.807) is 0 Å². The first-order chi connectivity index (χ1) is 13.5. The molecule has 1 aliphatic carbocycles. The molecule has 28 heavy (non-hydrogen) atoms. The van der Waals surface area contributed by atoms with Crippen LogP contribution in [-0.2, 0) is 4.79 Å². The van der Waals surface area contributed by atoms with Crippen LogP contribution in [0.3, 0.4) is 0 Å². The molecule has 1 aromatic rings. The number of piperidine rings is 1. The monoisotopic (exact) mass is 396 g/mol. The first-order valence-corrected chi connectivity index (χ1v) is 10.2. The van der Waals surface area contributed by atoms with E-state index in [0.717, 1.165) is 18.6 Å². The number of amides is 2. The molecule has 2 fully saturated rings. The highest BCUT2D eigenvalue weighted by Crippen LogP contribution is 2.27. The lowest BCUT2D eigenvalue weighted by Crippen LogP contribution is -2.46. The molecule has 0 bridgehead atoms. The van der Waals surface area contributed by atoms with Gasteiger partial charge in [0.1, 0.15) is 0 Å². The molecule has 1 aliphatic heterocycles. The molecule has 154 valence electrons. The largest absolute Gasteiger partial charge is 0.353 e. The van der Waals surface area contributed by atoms with Crippen LogP contribution in [0.5, 0.6) is 0 Å². The summed E-state index contributed by atoms with van der Waals surface area (Å²) >= 11 is 0. The summed E-state index contributed by atoms with van der Waals surface area (Å²) in [5.74, 6) is -4.36. The fraction of sp³-hybridized carbons (Fsp3) is 0.619. The predicted molar refractivity (Wildman–Crippen MR) is 99.2 cm³/mol. The molecule has 0 aromatic heterocycles. The Balaban J connectivity index is 1.44. The van der Waals surface area contributed by atoms with Gasteiger partial charge in [0.2, 0.25) is 5.91 Å². The van der Waals surface area contributed by atoms with E-state index in [-0.39, 0.29) is 11.9 Å². The van der Waals surface area contributed by atoms with Crippen molar-refractivity contribution in [3.8, 4) is 0 Å². The van der Waals surface area contributed by atoms with Gasteiger partial charge in [-0.05, 0) is 37.3 Å². The van der Waals surface area contributed by atoms with Crippen LogP contribution in [0, 0.1) is 23.4 Å². The van der Waals surface area contributed by atoms with Gasteiger partial charge >= 0.3 is 0 Å².